The fourth-order valence-corrected chi connectivity index (χ4v) is 1.02. The zero-order chi connectivity index (χ0) is 10.9. The van der Waals surface area contributed by atoms with Crippen LogP contribution in [0.15, 0.2) is 4.52 Å². The molecule has 76 valence electrons. The van der Waals surface area contributed by atoms with E-state index in [9.17, 15) is 14.9 Å². The second-order valence-electron chi connectivity index (χ2n) is 3.21. The van der Waals surface area contributed by atoms with Gasteiger partial charge in [-0.05, 0) is 0 Å². The fraction of sp³-hybridized carbons (Fsp3) is 0.500. The number of hydrogen-bond donors (Lipinski definition) is 0. The van der Waals surface area contributed by atoms with Gasteiger partial charge in [-0.2, -0.15) is 0 Å². The molecule has 14 heavy (non-hydrogen) atoms. The van der Waals surface area contributed by atoms with Crippen LogP contribution in [0, 0.1) is 23.0 Å². The highest BCUT2D eigenvalue weighted by atomic mass is 16.6. The molecular weight excluding hydrogens is 188 g/mol. The number of Topliss-reactive ketones (excluding diaryl/α,β-unsaturated/α-hetero) is 1. The maximum absolute atomic E-state index is 11.5. The number of nitro groups is 1. The van der Waals surface area contributed by atoms with Crippen LogP contribution in [0.25, 0.3) is 0 Å². The van der Waals surface area contributed by atoms with Crippen LogP contribution in [0.5, 0.6) is 0 Å². The average molecular weight is 198 g/mol. The third-order valence-electron chi connectivity index (χ3n) is 1.77. The van der Waals surface area contributed by atoms with Gasteiger partial charge in [-0.25, -0.2) is 0 Å². The minimum Gasteiger partial charge on any atom is -0.353 e. The summed E-state index contributed by atoms with van der Waals surface area (Å²) in [5, 5.41) is 14.0. The molecule has 0 aliphatic carbocycles. The molecule has 0 amide bonds. The highest BCUT2D eigenvalue weighted by molar-refractivity contribution is 5.99. The lowest BCUT2D eigenvalue weighted by Gasteiger charge is -1.97. The molecule has 0 aliphatic rings. The molecule has 0 aliphatic heterocycles. The zero-order valence-corrected chi connectivity index (χ0v) is 8.10. The number of aryl methyl sites for hydroxylation is 1. The highest BCUT2D eigenvalue weighted by Gasteiger charge is 2.30. The number of rotatable bonds is 3. The standard InChI is InChI=1S/C8H10N2O4/c1-4(2)8(11)6-7(10(12)13)5(3)14-9-6/h4H,1-3H3. The van der Waals surface area contributed by atoms with Gasteiger partial charge in [0.2, 0.25) is 11.5 Å². The Labute approximate surface area is 80.0 Å². The molecule has 1 aromatic rings. The summed E-state index contributed by atoms with van der Waals surface area (Å²) < 4.78 is 4.62. The normalized spacial score (nSPS) is 10.6. The van der Waals surface area contributed by atoms with Gasteiger partial charge in [-0.15, -0.1) is 0 Å². The number of nitrogens with zero attached hydrogens (tertiary/aromatic N) is 2. The van der Waals surface area contributed by atoms with E-state index in [1.165, 1.54) is 6.92 Å². The van der Waals surface area contributed by atoms with Crippen LogP contribution < -0.4 is 0 Å². The SMILES string of the molecule is Cc1onc(C(=O)C(C)C)c1[N+](=O)[O-]. The Balaban J connectivity index is 3.22. The number of carbonyl (C=O) groups excluding carboxylic acids is 1. The van der Waals surface area contributed by atoms with Gasteiger partial charge in [0.15, 0.2) is 5.78 Å². The summed E-state index contributed by atoms with van der Waals surface area (Å²) in [4.78, 5) is 21.4. The molecule has 0 spiro atoms. The van der Waals surface area contributed by atoms with Crippen LogP contribution in [-0.4, -0.2) is 15.9 Å². The van der Waals surface area contributed by atoms with Crippen molar-refractivity contribution in [2.75, 3.05) is 0 Å². The van der Waals surface area contributed by atoms with Gasteiger partial charge in [0.05, 0.1) is 4.92 Å². The molecule has 0 radical (unpaired) electrons. The van der Waals surface area contributed by atoms with E-state index >= 15 is 0 Å². The quantitative estimate of drug-likeness (QED) is 0.419. The third-order valence-corrected chi connectivity index (χ3v) is 1.77. The van der Waals surface area contributed by atoms with Crippen LogP contribution >= 0.6 is 0 Å². The van der Waals surface area contributed by atoms with Gasteiger partial charge in [0.1, 0.15) is 0 Å². The first-order chi connectivity index (χ1) is 6.45. The largest absolute Gasteiger partial charge is 0.353 e. The first-order valence-electron chi connectivity index (χ1n) is 4.10. The second-order valence-corrected chi connectivity index (χ2v) is 3.21. The van der Waals surface area contributed by atoms with E-state index < -0.39 is 4.92 Å². The number of aromatic nitrogens is 1. The van der Waals surface area contributed by atoms with Gasteiger partial charge in [0.25, 0.3) is 0 Å². The summed E-state index contributed by atoms with van der Waals surface area (Å²) >= 11 is 0. The number of carbonyl (C=O) groups is 1. The predicted octanol–water partition coefficient (Wildman–Crippen LogP) is 1.73. The lowest BCUT2D eigenvalue weighted by molar-refractivity contribution is -0.386. The maximum atomic E-state index is 11.5. The van der Waals surface area contributed by atoms with Gasteiger partial charge in [-0.3, -0.25) is 14.9 Å². The molecule has 0 bridgehead atoms. The van der Waals surface area contributed by atoms with Crippen molar-refractivity contribution in [2.24, 2.45) is 5.92 Å². The van der Waals surface area contributed by atoms with Crippen LogP contribution in [0.2, 0.25) is 0 Å². The van der Waals surface area contributed by atoms with E-state index in [1.54, 1.807) is 13.8 Å². The third kappa shape index (κ3) is 1.63. The molecular formula is C8H10N2O4. The summed E-state index contributed by atoms with van der Waals surface area (Å²) in [6.07, 6.45) is 0. The monoisotopic (exact) mass is 198 g/mol. The molecule has 6 heteroatoms. The van der Waals surface area contributed by atoms with E-state index in [4.69, 9.17) is 0 Å². The predicted molar refractivity (Wildman–Crippen MR) is 47.1 cm³/mol. The Hall–Kier alpha value is -1.72. The Morgan fingerprint density at radius 1 is 1.57 bits per heavy atom. The Morgan fingerprint density at radius 2 is 2.14 bits per heavy atom. The lowest BCUT2D eigenvalue weighted by Crippen LogP contribution is -2.10. The molecule has 0 N–H and O–H groups in total. The Morgan fingerprint density at radius 3 is 2.57 bits per heavy atom. The van der Waals surface area contributed by atoms with Crippen LogP contribution in [0.3, 0.4) is 0 Å². The van der Waals surface area contributed by atoms with E-state index in [0.29, 0.717) is 0 Å². The average Bonchev–Trinajstić information content (AvgIpc) is 2.45. The summed E-state index contributed by atoms with van der Waals surface area (Å²) in [5.41, 5.74) is -0.522. The first kappa shape index (κ1) is 10.4. The van der Waals surface area contributed by atoms with Gasteiger partial charge >= 0.3 is 5.69 Å². The zero-order valence-electron chi connectivity index (χ0n) is 8.10. The van der Waals surface area contributed by atoms with Crippen molar-refractivity contribution in [2.45, 2.75) is 20.8 Å². The molecule has 0 fully saturated rings. The smallest absolute Gasteiger partial charge is 0.342 e. The van der Waals surface area contributed by atoms with Crippen molar-refractivity contribution in [3.8, 4) is 0 Å². The molecule has 0 aromatic carbocycles. The van der Waals surface area contributed by atoms with Crippen molar-refractivity contribution in [1.29, 1.82) is 0 Å². The van der Waals surface area contributed by atoms with Crippen molar-refractivity contribution in [3.05, 3.63) is 21.6 Å². The highest BCUT2D eigenvalue weighted by Crippen LogP contribution is 2.24. The topological polar surface area (TPSA) is 86.2 Å². The molecule has 1 heterocycles. The van der Waals surface area contributed by atoms with Crippen molar-refractivity contribution >= 4 is 11.5 Å². The van der Waals surface area contributed by atoms with E-state index in [0.717, 1.165) is 0 Å². The molecule has 0 saturated heterocycles. The lowest BCUT2D eigenvalue weighted by atomic mass is 10.1. The summed E-state index contributed by atoms with van der Waals surface area (Å²) in [7, 11) is 0. The summed E-state index contributed by atoms with van der Waals surface area (Å²) in [5.74, 6) is -0.661. The fourth-order valence-electron chi connectivity index (χ4n) is 1.02. The minimum absolute atomic E-state index is 0.0546. The summed E-state index contributed by atoms with van der Waals surface area (Å²) in [6.45, 7) is 4.70. The van der Waals surface area contributed by atoms with Gasteiger partial charge < -0.3 is 4.52 Å². The molecule has 0 atom stereocenters. The van der Waals surface area contributed by atoms with E-state index in [2.05, 4.69) is 9.68 Å². The van der Waals surface area contributed by atoms with E-state index in [-0.39, 0.29) is 28.8 Å². The Bertz CT molecular complexity index is 381. The molecule has 1 rings (SSSR count). The van der Waals surface area contributed by atoms with Gasteiger partial charge in [-0.1, -0.05) is 19.0 Å². The molecule has 0 saturated carbocycles. The second kappa shape index (κ2) is 3.57. The van der Waals surface area contributed by atoms with Crippen LogP contribution in [0.1, 0.15) is 30.1 Å². The molecule has 1 aromatic heterocycles. The van der Waals surface area contributed by atoms with Crippen molar-refractivity contribution in [1.82, 2.24) is 5.16 Å². The van der Waals surface area contributed by atoms with Crippen LogP contribution in [0.4, 0.5) is 5.69 Å². The van der Waals surface area contributed by atoms with Gasteiger partial charge in [0, 0.05) is 12.8 Å². The first-order valence-corrected chi connectivity index (χ1v) is 4.10. The summed E-state index contributed by atoms with van der Waals surface area (Å²) in [6, 6.07) is 0. The minimum atomic E-state index is -0.651. The maximum Gasteiger partial charge on any atom is 0.342 e. The molecule has 6 nitrogen and oxygen atoms in total. The van der Waals surface area contributed by atoms with Crippen molar-refractivity contribution in [3.63, 3.8) is 0 Å². The van der Waals surface area contributed by atoms with Crippen LogP contribution in [-0.2, 0) is 0 Å². The number of hydrogen-bond acceptors (Lipinski definition) is 5. The molecule has 0 unspecified atom stereocenters. The van der Waals surface area contributed by atoms with Crippen molar-refractivity contribution < 1.29 is 14.2 Å². The number of ketones is 1. The van der Waals surface area contributed by atoms with E-state index in [1.807, 2.05) is 0 Å². The Kier molecular flexibility index (Phi) is 2.64.